The van der Waals surface area contributed by atoms with Gasteiger partial charge in [0.2, 0.25) is 5.91 Å². The van der Waals surface area contributed by atoms with Gasteiger partial charge in [0.25, 0.3) is 0 Å². The van der Waals surface area contributed by atoms with Crippen molar-refractivity contribution in [2.24, 2.45) is 0 Å². The predicted octanol–water partition coefficient (Wildman–Crippen LogP) is 1.69. The minimum absolute atomic E-state index is 0.0322. The van der Waals surface area contributed by atoms with Gasteiger partial charge < -0.3 is 15.4 Å². The van der Waals surface area contributed by atoms with E-state index in [1.165, 1.54) is 11.3 Å². The smallest absolute Gasteiger partial charge is 0.226 e. The van der Waals surface area contributed by atoms with Gasteiger partial charge in [0.05, 0.1) is 17.9 Å². The van der Waals surface area contributed by atoms with Gasteiger partial charge in [-0.05, 0) is 33.9 Å². The normalized spacial score (nSPS) is 22.7. The van der Waals surface area contributed by atoms with Crippen molar-refractivity contribution in [3.63, 3.8) is 0 Å². The first kappa shape index (κ1) is 17.3. The highest BCUT2D eigenvalue weighted by atomic mass is 32.1. The first-order chi connectivity index (χ1) is 10.6. The summed E-state index contributed by atoms with van der Waals surface area (Å²) >= 11 is 1.49. The molecule has 0 bridgehead atoms. The zero-order valence-corrected chi connectivity index (χ0v) is 14.4. The molecule has 124 valence electrons. The molecule has 2 rings (SSSR count). The number of carbonyl (C=O) groups excluding carboxylic acids is 1. The van der Waals surface area contributed by atoms with Gasteiger partial charge >= 0.3 is 0 Å². The van der Waals surface area contributed by atoms with Gasteiger partial charge in [-0.25, -0.2) is 4.98 Å². The number of amides is 1. The fourth-order valence-corrected chi connectivity index (χ4v) is 3.40. The van der Waals surface area contributed by atoms with Crippen molar-refractivity contribution >= 4 is 22.4 Å². The lowest BCUT2D eigenvalue weighted by Gasteiger charge is -2.34. The monoisotopic (exact) mass is 326 g/mol. The summed E-state index contributed by atoms with van der Waals surface area (Å²) in [7, 11) is 1.89. The van der Waals surface area contributed by atoms with Crippen LogP contribution in [-0.2, 0) is 16.1 Å². The van der Waals surface area contributed by atoms with E-state index in [2.05, 4.69) is 34.4 Å². The van der Waals surface area contributed by atoms with Gasteiger partial charge in [-0.15, -0.1) is 11.3 Å². The largest absolute Gasteiger partial charge is 0.373 e. The second-order valence-electron chi connectivity index (χ2n) is 5.85. The van der Waals surface area contributed by atoms with Crippen LogP contribution >= 0.6 is 11.3 Å². The number of nitrogens with one attached hydrogen (secondary N) is 2. The highest BCUT2D eigenvalue weighted by Gasteiger charge is 2.22. The zero-order valence-electron chi connectivity index (χ0n) is 13.6. The molecule has 0 saturated carbocycles. The number of aromatic nitrogens is 1. The van der Waals surface area contributed by atoms with E-state index < -0.39 is 0 Å². The van der Waals surface area contributed by atoms with Gasteiger partial charge in [-0.3, -0.25) is 9.69 Å². The van der Waals surface area contributed by atoms with Crippen molar-refractivity contribution in [1.29, 1.82) is 0 Å². The third-order valence-electron chi connectivity index (χ3n) is 3.51. The van der Waals surface area contributed by atoms with Crippen molar-refractivity contribution in [3.05, 3.63) is 11.1 Å². The van der Waals surface area contributed by atoms with E-state index in [0.717, 1.165) is 38.3 Å². The van der Waals surface area contributed by atoms with Crippen LogP contribution in [0.2, 0.25) is 0 Å². The number of anilines is 1. The summed E-state index contributed by atoms with van der Waals surface area (Å²) < 4.78 is 5.74. The van der Waals surface area contributed by atoms with E-state index in [9.17, 15) is 4.79 Å². The molecule has 6 nitrogen and oxygen atoms in total. The van der Waals surface area contributed by atoms with E-state index in [4.69, 9.17) is 4.74 Å². The van der Waals surface area contributed by atoms with Crippen LogP contribution in [0.15, 0.2) is 5.38 Å². The van der Waals surface area contributed by atoms with Crippen LogP contribution in [0.4, 0.5) is 5.13 Å². The Bertz CT molecular complexity index is 470. The highest BCUT2D eigenvalue weighted by Crippen LogP contribution is 2.19. The number of hydrogen-bond donors (Lipinski definition) is 2. The molecule has 0 radical (unpaired) electrons. The van der Waals surface area contributed by atoms with Gasteiger partial charge in [0, 0.05) is 31.4 Å². The lowest BCUT2D eigenvalue weighted by Crippen LogP contribution is -2.44. The molecular weight excluding hydrogens is 300 g/mol. The Kier molecular flexibility index (Phi) is 6.75. The average molecular weight is 326 g/mol. The third kappa shape index (κ3) is 5.64. The second kappa shape index (κ2) is 8.57. The van der Waals surface area contributed by atoms with Gasteiger partial charge in [-0.1, -0.05) is 0 Å². The maximum Gasteiger partial charge on any atom is 0.226 e. The Labute approximate surface area is 136 Å². The molecule has 0 spiro atoms. The van der Waals surface area contributed by atoms with Gasteiger partial charge in [0.15, 0.2) is 5.13 Å². The van der Waals surface area contributed by atoms with Crippen LogP contribution in [0.3, 0.4) is 0 Å². The second-order valence-corrected chi connectivity index (χ2v) is 6.71. The molecule has 2 unspecified atom stereocenters. The molecule has 1 aromatic rings. The molecule has 0 aliphatic carbocycles. The number of rotatable bonds is 7. The molecule has 7 heteroatoms. The molecule has 2 atom stereocenters. The molecule has 1 aliphatic rings. The predicted molar refractivity (Wildman–Crippen MR) is 89.2 cm³/mol. The quantitative estimate of drug-likeness (QED) is 0.747. The van der Waals surface area contributed by atoms with Gasteiger partial charge in [0.1, 0.15) is 0 Å². The lowest BCUT2D eigenvalue weighted by atomic mass is 10.2. The Morgan fingerprint density at radius 2 is 2.18 bits per heavy atom. The van der Waals surface area contributed by atoms with E-state index in [0.29, 0.717) is 11.6 Å². The van der Waals surface area contributed by atoms with Crippen LogP contribution in [0.1, 0.15) is 32.4 Å². The molecule has 1 amide bonds. The first-order valence-corrected chi connectivity index (χ1v) is 8.71. The Hall–Kier alpha value is -1.02. The minimum Gasteiger partial charge on any atom is -0.373 e. The standard InChI is InChI=1S/C15H26N4O2S/c1-11-7-19(8-12(2)21-11)9-13-10-22-15(17-13)18-14(20)5-4-6-16-3/h10-12,16H,4-9H2,1-3H3,(H,17,18,20). The highest BCUT2D eigenvalue weighted by molar-refractivity contribution is 7.13. The molecule has 2 heterocycles. The molecule has 1 aromatic heterocycles. The SMILES string of the molecule is CNCCCC(=O)Nc1nc(CN2CC(C)OC(C)C2)cs1. The Morgan fingerprint density at radius 1 is 1.45 bits per heavy atom. The molecule has 22 heavy (non-hydrogen) atoms. The molecule has 1 fully saturated rings. The van der Waals surface area contributed by atoms with Crippen molar-refractivity contribution in [1.82, 2.24) is 15.2 Å². The third-order valence-corrected chi connectivity index (χ3v) is 4.32. The fraction of sp³-hybridized carbons (Fsp3) is 0.733. The van der Waals surface area contributed by atoms with Crippen LogP contribution < -0.4 is 10.6 Å². The van der Waals surface area contributed by atoms with Crippen molar-refractivity contribution in [2.75, 3.05) is 32.0 Å². The van der Waals surface area contributed by atoms with E-state index in [-0.39, 0.29) is 18.1 Å². The zero-order chi connectivity index (χ0) is 15.9. The average Bonchev–Trinajstić information content (AvgIpc) is 2.85. The summed E-state index contributed by atoms with van der Waals surface area (Å²) in [6.07, 6.45) is 1.88. The Balaban J connectivity index is 1.79. The van der Waals surface area contributed by atoms with Crippen molar-refractivity contribution in [2.45, 2.75) is 45.4 Å². The molecule has 1 aliphatic heterocycles. The van der Waals surface area contributed by atoms with E-state index in [1.807, 2.05) is 12.4 Å². The summed E-state index contributed by atoms with van der Waals surface area (Å²) in [5.41, 5.74) is 1.01. The number of morpholine rings is 1. The fourth-order valence-electron chi connectivity index (χ4n) is 2.69. The number of hydrogen-bond acceptors (Lipinski definition) is 6. The first-order valence-electron chi connectivity index (χ1n) is 7.83. The number of carbonyl (C=O) groups is 1. The summed E-state index contributed by atoms with van der Waals surface area (Å²) in [6, 6.07) is 0. The summed E-state index contributed by atoms with van der Waals surface area (Å²) in [5.74, 6) is 0.0322. The number of ether oxygens (including phenoxy) is 1. The molecular formula is C15H26N4O2S. The molecule has 0 aromatic carbocycles. The maximum atomic E-state index is 11.8. The van der Waals surface area contributed by atoms with Gasteiger partial charge in [-0.2, -0.15) is 0 Å². The Morgan fingerprint density at radius 3 is 2.86 bits per heavy atom. The van der Waals surface area contributed by atoms with E-state index >= 15 is 0 Å². The number of nitrogens with zero attached hydrogens (tertiary/aromatic N) is 2. The topological polar surface area (TPSA) is 66.5 Å². The van der Waals surface area contributed by atoms with Crippen LogP contribution in [-0.4, -0.2) is 54.7 Å². The summed E-state index contributed by atoms with van der Waals surface area (Å²) in [4.78, 5) is 18.6. The maximum absolute atomic E-state index is 11.8. The lowest BCUT2D eigenvalue weighted by molar-refractivity contribution is -0.116. The van der Waals surface area contributed by atoms with Crippen molar-refractivity contribution in [3.8, 4) is 0 Å². The minimum atomic E-state index is 0.0322. The summed E-state index contributed by atoms with van der Waals surface area (Å²) in [5, 5.41) is 8.62. The van der Waals surface area contributed by atoms with E-state index in [1.54, 1.807) is 0 Å². The van der Waals surface area contributed by atoms with Crippen LogP contribution in [0.5, 0.6) is 0 Å². The molecule has 1 saturated heterocycles. The molecule has 2 N–H and O–H groups in total. The van der Waals surface area contributed by atoms with Crippen molar-refractivity contribution < 1.29 is 9.53 Å². The van der Waals surface area contributed by atoms with Crippen LogP contribution in [0, 0.1) is 0 Å². The summed E-state index contributed by atoms with van der Waals surface area (Å²) in [6.45, 7) is 7.70. The number of thiazole rings is 1. The van der Waals surface area contributed by atoms with Crippen LogP contribution in [0.25, 0.3) is 0 Å².